The molecule has 0 aliphatic carbocycles. The maximum absolute atomic E-state index is 12.1. The number of carbonyl (C=O) groups excluding carboxylic acids is 2. The van der Waals surface area contributed by atoms with E-state index in [-0.39, 0.29) is 0 Å². The highest BCUT2D eigenvalue weighted by Crippen LogP contribution is 2.19. The zero-order valence-corrected chi connectivity index (χ0v) is 17.9. The molecule has 158 valence electrons. The number of nitrogens with one attached hydrogen (secondary N) is 2. The number of hydrogen-bond donors (Lipinski definition) is 2. The fraction of sp³-hybridized carbons (Fsp3) is 0.125. The number of aryl methyl sites for hydroxylation is 2. The van der Waals surface area contributed by atoms with Crippen molar-refractivity contribution in [3.63, 3.8) is 0 Å². The Balaban J connectivity index is 1.54. The SMILES string of the molecule is Cc1cccc(C)c1NC(=O)C(=O)N/N=C/c1cccc(OCc2ccc(Cl)cc2)c1. The molecule has 6 nitrogen and oxygen atoms in total. The van der Waals surface area contributed by atoms with Crippen LogP contribution >= 0.6 is 11.6 Å². The lowest BCUT2D eigenvalue weighted by Gasteiger charge is -2.10. The van der Waals surface area contributed by atoms with Gasteiger partial charge in [0.25, 0.3) is 0 Å². The first-order valence-electron chi connectivity index (χ1n) is 9.60. The van der Waals surface area contributed by atoms with Crippen molar-refractivity contribution in [3.8, 4) is 5.75 Å². The summed E-state index contributed by atoms with van der Waals surface area (Å²) in [7, 11) is 0. The Morgan fingerprint density at radius 1 is 0.968 bits per heavy atom. The third-order valence-corrected chi connectivity index (χ3v) is 4.73. The number of rotatable bonds is 6. The molecule has 0 saturated carbocycles. The molecule has 0 unspecified atom stereocenters. The fourth-order valence-electron chi connectivity index (χ4n) is 2.83. The van der Waals surface area contributed by atoms with E-state index >= 15 is 0 Å². The molecule has 0 heterocycles. The maximum Gasteiger partial charge on any atom is 0.329 e. The van der Waals surface area contributed by atoms with Crippen LogP contribution < -0.4 is 15.5 Å². The number of para-hydroxylation sites is 1. The van der Waals surface area contributed by atoms with Crippen molar-refractivity contribution in [2.24, 2.45) is 5.10 Å². The van der Waals surface area contributed by atoms with Gasteiger partial charge in [0.05, 0.1) is 6.21 Å². The molecule has 0 radical (unpaired) electrons. The third kappa shape index (κ3) is 6.42. The van der Waals surface area contributed by atoms with Gasteiger partial charge in [-0.25, -0.2) is 5.43 Å². The van der Waals surface area contributed by atoms with E-state index in [0.717, 1.165) is 16.7 Å². The molecule has 7 heteroatoms. The van der Waals surface area contributed by atoms with Gasteiger partial charge in [-0.1, -0.05) is 54.1 Å². The van der Waals surface area contributed by atoms with Crippen LogP contribution in [-0.2, 0) is 16.2 Å². The number of ether oxygens (including phenoxy) is 1. The summed E-state index contributed by atoms with van der Waals surface area (Å²) < 4.78 is 5.77. The van der Waals surface area contributed by atoms with Gasteiger partial charge in [-0.05, 0) is 60.4 Å². The summed E-state index contributed by atoms with van der Waals surface area (Å²) in [6.45, 7) is 4.12. The van der Waals surface area contributed by atoms with Gasteiger partial charge in [-0.15, -0.1) is 0 Å². The Labute approximate surface area is 185 Å². The van der Waals surface area contributed by atoms with Crippen LogP contribution in [0.15, 0.2) is 71.8 Å². The Kier molecular flexibility index (Phi) is 7.40. The Morgan fingerprint density at radius 3 is 2.35 bits per heavy atom. The highest BCUT2D eigenvalue weighted by molar-refractivity contribution is 6.39. The standard InChI is InChI=1S/C24H22ClN3O3/c1-16-5-3-6-17(2)22(16)27-23(29)24(30)28-26-14-19-7-4-8-21(13-19)31-15-18-9-11-20(25)12-10-18/h3-14H,15H2,1-2H3,(H,27,29)(H,28,30)/b26-14+. The van der Waals surface area contributed by atoms with Crippen LogP contribution in [0.5, 0.6) is 5.75 Å². The van der Waals surface area contributed by atoms with Gasteiger partial charge >= 0.3 is 11.8 Å². The first kappa shape index (κ1) is 22.1. The summed E-state index contributed by atoms with van der Waals surface area (Å²) in [5.74, 6) is -0.985. The predicted molar refractivity (Wildman–Crippen MR) is 123 cm³/mol. The van der Waals surface area contributed by atoms with E-state index in [9.17, 15) is 9.59 Å². The smallest absolute Gasteiger partial charge is 0.329 e. The largest absolute Gasteiger partial charge is 0.489 e. The van der Waals surface area contributed by atoms with Gasteiger partial charge in [0, 0.05) is 10.7 Å². The van der Waals surface area contributed by atoms with E-state index in [1.165, 1.54) is 6.21 Å². The molecule has 0 spiro atoms. The van der Waals surface area contributed by atoms with E-state index in [1.807, 2.05) is 74.5 Å². The molecular weight excluding hydrogens is 414 g/mol. The van der Waals surface area contributed by atoms with Crippen molar-refractivity contribution in [1.29, 1.82) is 0 Å². The Morgan fingerprint density at radius 2 is 1.65 bits per heavy atom. The minimum absolute atomic E-state index is 0.396. The number of nitrogens with zero attached hydrogens (tertiary/aromatic N) is 1. The van der Waals surface area contributed by atoms with Gasteiger partial charge < -0.3 is 10.1 Å². The van der Waals surface area contributed by atoms with Gasteiger partial charge in [0.15, 0.2) is 0 Å². The van der Waals surface area contributed by atoms with E-state index in [0.29, 0.717) is 28.6 Å². The van der Waals surface area contributed by atoms with Crippen molar-refractivity contribution in [2.45, 2.75) is 20.5 Å². The molecule has 3 aromatic carbocycles. The number of anilines is 1. The lowest BCUT2D eigenvalue weighted by atomic mass is 10.1. The van der Waals surface area contributed by atoms with Gasteiger partial charge in [0.1, 0.15) is 12.4 Å². The lowest BCUT2D eigenvalue weighted by molar-refractivity contribution is -0.136. The van der Waals surface area contributed by atoms with Crippen molar-refractivity contribution in [3.05, 3.63) is 94.0 Å². The van der Waals surface area contributed by atoms with Crippen LogP contribution in [0.1, 0.15) is 22.3 Å². The number of halogens is 1. The van der Waals surface area contributed by atoms with Crippen LogP contribution in [0.2, 0.25) is 5.02 Å². The fourth-order valence-corrected chi connectivity index (χ4v) is 2.96. The lowest BCUT2D eigenvalue weighted by Crippen LogP contribution is -2.32. The summed E-state index contributed by atoms with van der Waals surface area (Å²) in [6.07, 6.45) is 1.44. The van der Waals surface area contributed by atoms with Crippen LogP contribution in [0.3, 0.4) is 0 Å². The van der Waals surface area contributed by atoms with Crippen LogP contribution in [0, 0.1) is 13.8 Å². The minimum atomic E-state index is -0.853. The van der Waals surface area contributed by atoms with Crippen molar-refractivity contribution in [2.75, 3.05) is 5.32 Å². The summed E-state index contributed by atoms with van der Waals surface area (Å²) in [5, 5.41) is 7.15. The molecule has 3 rings (SSSR count). The number of benzene rings is 3. The normalized spacial score (nSPS) is 10.7. The molecule has 3 aromatic rings. The number of carbonyl (C=O) groups is 2. The van der Waals surface area contributed by atoms with E-state index in [4.69, 9.17) is 16.3 Å². The van der Waals surface area contributed by atoms with Gasteiger partial charge in [-0.3, -0.25) is 9.59 Å². The molecular formula is C24H22ClN3O3. The quantitative estimate of drug-likeness (QED) is 0.336. The molecule has 0 aliphatic heterocycles. The maximum atomic E-state index is 12.1. The molecule has 31 heavy (non-hydrogen) atoms. The topological polar surface area (TPSA) is 79.8 Å². The highest BCUT2D eigenvalue weighted by Gasteiger charge is 2.15. The van der Waals surface area contributed by atoms with E-state index < -0.39 is 11.8 Å². The zero-order valence-electron chi connectivity index (χ0n) is 17.2. The molecule has 0 atom stereocenters. The van der Waals surface area contributed by atoms with E-state index in [1.54, 1.807) is 6.07 Å². The minimum Gasteiger partial charge on any atom is -0.489 e. The molecule has 0 saturated heterocycles. The van der Waals surface area contributed by atoms with Crippen LogP contribution in [0.4, 0.5) is 5.69 Å². The Hall–Kier alpha value is -3.64. The van der Waals surface area contributed by atoms with E-state index in [2.05, 4.69) is 15.8 Å². The molecule has 0 aromatic heterocycles. The Bertz CT molecular complexity index is 1090. The average molecular weight is 436 g/mol. The second-order valence-electron chi connectivity index (χ2n) is 6.91. The average Bonchev–Trinajstić information content (AvgIpc) is 2.76. The number of hydrogen-bond acceptors (Lipinski definition) is 4. The molecule has 2 N–H and O–H groups in total. The van der Waals surface area contributed by atoms with Crippen LogP contribution in [-0.4, -0.2) is 18.0 Å². The third-order valence-electron chi connectivity index (χ3n) is 4.48. The van der Waals surface area contributed by atoms with Crippen molar-refractivity contribution in [1.82, 2.24) is 5.43 Å². The first-order chi connectivity index (χ1) is 14.9. The predicted octanol–water partition coefficient (Wildman–Crippen LogP) is 4.62. The summed E-state index contributed by atoms with van der Waals surface area (Å²) in [5.41, 5.74) is 6.31. The second-order valence-corrected chi connectivity index (χ2v) is 7.34. The monoisotopic (exact) mass is 435 g/mol. The number of hydrazone groups is 1. The van der Waals surface area contributed by atoms with Gasteiger partial charge in [-0.2, -0.15) is 5.10 Å². The van der Waals surface area contributed by atoms with Crippen molar-refractivity contribution < 1.29 is 14.3 Å². The van der Waals surface area contributed by atoms with Crippen molar-refractivity contribution >= 4 is 35.3 Å². The highest BCUT2D eigenvalue weighted by atomic mass is 35.5. The molecule has 0 aliphatic rings. The van der Waals surface area contributed by atoms with Crippen LogP contribution in [0.25, 0.3) is 0 Å². The molecule has 0 fully saturated rings. The number of amides is 2. The summed E-state index contributed by atoms with van der Waals surface area (Å²) in [4.78, 5) is 24.2. The molecule has 0 bridgehead atoms. The zero-order chi connectivity index (χ0) is 22.2. The summed E-state index contributed by atoms with van der Waals surface area (Å²) in [6, 6.07) is 20.2. The summed E-state index contributed by atoms with van der Waals surface area (Å²) >= 11 is 5.88. The second kappa shape index (κ2) is 10.4. The molecule has 2 amide bonds. The van der Waals surface area contributed by atoms with Gasteiger partial charge in [0.2, 0.25) is 0 Å². The first-order valence-corrected chi connectivity index (χ1v) is 9.98.